The van der Waals surface area contributed by atoms with Gasteiger partial charge in [0.2, 0.25) is 5.78 Å². The first kappa shape index (κ1) is 20.1. The summed E-state index contributed by atoms with van der Waals surface area (Å²) in [6, 6.07) is 22.9. The van der Waals surface area contributed by atoms with Crippen molar-refractivity contribution in [2.45, 2.75) is 11.8 Å². The number of Topliss-reactive ketones (excluding diaryl/α,β-unsaturated/α-hetero) is 1. The maximum absolute atomic E-state index is 12.6. The predicted molar refractivity (Wildman–Crippen MR) is 110 cm³/mol. The van der Waals surface area contributed by atoms with Crippen molar-refractivity contribution in [2.75, 3.05) is 0 Å². The van der Waals surface area contributed by atoms with Gasteiger partial charge in [-0.2, -0.15) is 13.7 Å². The molecule has 0 radical (unpaired) electrons. The van der Waals surface area contributed by atoms with Crippen LogP contribution in [0.3, 0.4) is 0 Å². The van der Waals surface area contributed by atoms with Gasteiger partial charge in [0.1, 0.15) is 22.3 Å². The third-order valence-electron chi connectivity index (χ3n) is 4.13. The van der Waals surface area contributed by atoms with E-state index in [2.05, 4.69) is 0 Å². The Balaban J connectivity index is 1.96. The molecule has 0 aliphatic rings. The summed E-state index contributed by atoms with van der Waals surface area (Å²) in [6.45, 7) is 1.85. The molecule has 0 bridgehead atoms. The van der Waals surface area contributed by atoms with E-state index in [1.54, 1.807) is 60.7 Å². The van der Waals surface area contributed by atoms with E-state index in [4.69, 9.17) is 4.18 Å². The van der Waals surface area contributed by atoms with Gasteiger partial charge in [-0.15, -0.1) is 0 Å². The highest BCUT2D eigenvalue weighted by Gasteiger charge is 2.19. The number of allylic oxidation sites excluding steroid dienone is 1. The van der Waals surface area contributed by atoms with Gasteiger partial charge in [0.05, 0.1) is 0 Å². The van der Waals surface area contributed by atoms with E-state index in [0.29, 0.717) is 11.1 Å². The summed E-state index contributed by atoms with van der Waals surface area (Å²) in [4.78, 5) is 12.6. The monoisotopic (exact) mass is 403 g/mol. The third-order valence-corrected chi connectivity index (χ3v) is 5.38. The van der Waals surface area contributed by atoms with E-state index >= 15 is 0 Å². The smallest absolute Gasteiger partial charge is 0.339 e. The summed E-state index contributed by atoms with van der Waals surface area (Å²) in [5, 5.41) is 9.45. The number of benzene rings is 3. The molecule has 0 aliphatic carbocycles. The van der Waals surface area contributed by atoms with Gasteiger partial charge in [0.15, 0.2) is 0 Å². The Morgan fingerprint density at radius 2 is 1.55 bits per heavy atom. The van der Waals surface area contributed by atoms with Crippen LogP contribution < -0.4 is 4.18 Å². The van der Waals surface area contributed by atoms with Crippen molar-refractivity contribution in [3.05, 3.63) is 101 Å². The lowest BCUT2D eigenvalue weighted by Gasteiger charge is -2.10. The summed E-state index contributed by atoms with van der Waals surface area (Å²) in [5.74, 6) is -0.425. The molecule has 0 atom stereocenters. The van der Waals surface area contributed by atoms with Crippen LogP contribution in [0.5, 0.6) is 5.75 Å². The second kappa shape index (κ2) is 8.55. The van der Waals surface area contributed by atoms with Crippen LogP contribution in [0.1, 0.15) is 21.5 Å². The first-order valence-corrected chi connectivity index (χ1v) is 10.1. The zero-order chi connectivity index (χ0) is 20.9. The van der Waals surface area contributed by atoms with Gasteiger partial charge in [-0.3, -0.25) is 4.79 Å². The molecule has 0 spiro atoms. The van der Waals surface area contributed by atoms with Gasteiger partial charge in [0.25, 0.3) is 0 Å². The lowest BCUT2D eigenvalue weighted by Crippen LogP contribution is -2.10. The van der Waals surface area contributed by atoms with Crippen molar-refractivity contribution in [3.63, 3.8) is 0 Å². The van der Waals surface area contributed by atoms with E-state index in [-0.39, 0.29) is 16.2 Å². The quantitative estimate of drug-likeness (QED) is 0.261. The molecule has 0 fully saturated rings. The standard InChI is InChI=1S/C23H17NO4S/c1-17-11-13-21(14-12-17)29(26,27)28-22-10-6-5-9-19(22)15-20(16-24)23(25)18-7-3-2-4-8-18/h2-15H,1H3/b20-15+. The second-order valence-corrected chi connectivity index (χ2v) is 7.80. The second-order valence-electron chi connectivity index (χ2n) is 6.25. The number of ketones is 1. The lowest BCUT2D eigenvalue weighted by atomic mass is 10.0. The highest BCUT2D eigenvalue weighted by molar-refractivity contribution is 7.87. The van der Waals surface area contributed by atoms with Crippen molar-refractivity contribution in [1.29, 1.82) is 5.26 Å². The predicted octanol–water partition coefficient (Wildman–Crippen LogP) is 4.55. The molecule has 0 N–H and O–H groups in total. The molecule has 6 heteroatoms. The van der Waals surface area contributed by atoms with Crippen LogP contribution in [-0.4, -0.2) is 14.2 Å². The third kappa shape index (κ3) is 4.78. The van der Waals surface area contributed by atoms with Gasteiger partial charge in [-0.05, 0) is 31.2 Å². The average molecular weight is 403 g/mol. The molecule has 3 rings (SSSR count). The molecule has 144 valence electrons. The molecular weight excluding hydrogens is 386 g/mol. The number of nitriles is 1. The zero-order valence-electron chi connectivity index (χ0n) is 15.6. The van der Waals surface area contributed by atoms with Crippen LogP contribution in [0.25, 0.3) is 6.08 Å². The molecule has 0 heterocycles. The summed E-state index contributed by atoms with van der Waals surface area (Å²) in [6.07, 6.45) is 1.33. The first-order valence-electron chi connectivity index (χ1n) is 8.72. The van der Waals surface area contributed by atoms with Crippen molar-refractivity contribution >= 4 is 22.0 Å². The van der Waals surface area contributed by atoms with Gasteiger partial charge < -0.3 is 4.18 Å². The minimum atomic E-state index is -4.06. The SMILES string of the molecule is Cc1ccc(S(=O)(=O)Oc2ccccc2/C=C(\C#N)C(=O)c2ccccc2)cc1. The minimum absolute atomic E-state index is 0.0164. The summed E-state index contributed by atoms with van der Waals surface area (Å²) in [5.41, 5.74) is 1.47. The van der Waals surface area contributed by atoms with Crippen molar-refractivity contribution < 1.29 is 17.4 Å². The largest absolute Gasteiger partial charge is 0.378 e. The normalized spacial score (nSPS) is 11.5. The summed E-state index contributed by atoms with van der Waals surface area (Å²) < 4.78 is 30.5. The fourth-order valence-corrected chi connectivity index (χ4v) is 3.55. The number of aryl methyl sites for hydroxylation is 1. The molecule has 5 nitrogen and oxygen atoms in total. The van der Waals surface area contributed by atoms with Crippen LogP contribution >= 0.6 is 0 Å². The maximum atomic E-state index is 12.6. The van der Waals surface area contributed by atoms with E-state index < -0.39 is 15.9 Å². The van der Waals surface area contributed by atoms with Crippen LogP contribution in [0.15, 0.2) is 89.3 Å². The van der Waals surface area contributed by atoms with Crippen molar-refractivity contribution in [2.24, 2.45) is 0 Å². The number of carbonyl (C=O) groups excluding carboxylic acids is 1. The summed E-state index contributed by atoms with van der Waals surface area (Å²) in [7, 11) is -4.06. The van der Waals surface area contributed by atoms with E-state index in [1.165, 1.54) is 24.3 Å². The Morgan fingerprint density at radius 3 is 2.21 bits per heavy atom. The zero-order valence-corrected chi connectivity index (χ0v) is 16.4. The summed E-state index contributed by atoms with van der Waals surface area (Å²) >= 11 is 0. The van der Waals surface area contributed by atoms with Gasteiger partial charge >= 0.3 is 10.1 Å². The number of hydrogen-bond donors (Lipinski definition) is 0. The Morgan fingerprint density at radius 1 is 0.931 bits per heavy atom. The van der Waals surface area contributed by atoms with E-state index in [9.17, 15) is 18.5 Å². The Hall–Kier alpha value is -3.69. The molecule has 0 unspecified atom stereocenters. The molecule has 3 aromatic carbocycles. The van der Waals surface area contributed by atoms with E-state index in [1.807, 2.05) is 13.0 Å². The first-order chi connectivity index (χ1) is 13.9. The molecule has 0 saturated heterocycles. The topological polar surface area (TPSA) is 84.2 Å². The number of nitrogens with zero attached hydrogens (tertiary/aromatic N) is 1. The molecule has 29 heavy (non-hydrogen) atoms. The number of carbonyl (C=O) groups is 1. The molecule has 0 saturated carbocycles. The van der Waals surface area contributed by atoms with Crippen molar-refractivity contribution in [3.8, 4) is 11.8 Å². The van der Waals surface area contributed by atoms with Crippen LogP contribution in [-0.2, 0) is 10.1 Å². The van der Waals surface area contributed by atoms with Gasteiger partial charge in [0, 0.05) is 11.1 Å². The number of rotatable bonds is 6. The van der Waals surface area contributed by atoms with Gasteiger partial charge in [-0.25, -0.2) is 0 Å². The van der Waals surface area contributed by atoms with E-state index in [0.717, 1.165) is 5.56 Å². The fourth-order valence-electron chi connectivity index (χ4n) is 2.60. The highest BCUT2D eigenvalue weighted by Crippen LogP contribution is 2.26. The van der Waals surface area contributed by atoms with Crippen LogP contribution in [0.4, 0.5) is 0 Å². The van der Waals surface area contributed by atoms with Crippen molar-refractivity contribution in [1.82, 2.24) is 0 Å². The Kier molecular flexibility index (Phi) is 5.91. The molecule has 3 aromatic rings. The van der Waals surface area contributed by atoms with Gasteiger partial charge in [-0.1, -0.05) is 66.2 Å². The minimum Gasteiger partial charge on any atom is -0.378 e. The van der Waals surface area contributed by atoms with Crippen LogP contribution in [0.2, 0.25) is 0 Å². The molecular formula is C23H17NO4S. The average Bonchev–Trinajstić information content (AvgIpc) is 2.73. The van der Waals surface area contributed by atoms with Crippen LogP contribution in [0, 0.1) is 18.3 Å². The maximum Gasteiger partial charge on any atom is 0.339 e. The number of hydrogen-bond acceptors (Lipinski definition) is 5. The Bertz CT molecular complexity index is 1210. The highest BCUT2D eigenvalue weighted by atomic mass is 32.2. The fraction of sp³-hybridized carbons (Fsp3) is 0.0435. The molecule has 0 aliphatic heterocycles. The number of para-hydroxylation sites is 1. The molecule has 0 amide bonds. The Labute approximate surface area is 169 Å². The molecule has 0 aromatic heterocycles. The lowest BCUT2D eigenvalue weighted by molar-refractivity contribution is 0.104.